The number of carboxylic acid groups (broad SMARTS) is 1. The topological polar surface area (TPSA) is 99.8 Å². The Morgan fingerprint density at radius 1 is 1.14 bits per heavy atom. The summed E-state index contributed by atoms with van der Waals surface area (Å²) >= 11 is 0. The predicted octanol–water partition coefficient (Wildman–Crippen LogP) is 0.326. The quantitative estimate of drug-likeness (QED) is 0.862. The van der Waals surface area contributed by atoms with E-state index in [1.165, 1.54) is 4.57 Å². The summed E-state index contributed by atoms with van der Waals surface area (Å²) in [5.41, 5.74) is -1.85. The second-order valence-electron chi connectivity index (χ2n) is 5.15. The number of rotatable bonds is 3. The zero-order chi connectivity index (χ0) is 15.0. The summed E-state index contributed by atoms with van der Waals surface area (Å²) in [7, 11) is 0. The molecule has 2 fully saturated rings. The second-order valence-corrected chi connectivity index (χ2v) is 5.15. The Morgan fingerprint density at radius 3 is 2.29 bits per heavy atom. The van der Waals surface area contributed by atoms with Gasteiger partial charge in [-0.05, 0) is 25.7 Å². The smallest absolute Gasteiger partial charge is 0.342 e. The number of nitrogens with zero attached hydrogens (tertiary/aromatic N) is 2. The van der Waals surface area contributed by atoms with Crippen LogP contribution in [0.4, 0.5) is 0 Å². The molecule has 0 aromatic carbocycles. The van der Waals surface area contributed by atoms with Crippen LogP contribution in [0.25, 0.3) is 0 Å². The fourth-order valence-electron chi connectivity index (χ4n) is 2.74. The molecule has 2 saturated heterocycles. The van der Waals surface area contributed by atoms with Gasteiger partial charge in [0.05, 0.1) is 0 Å². The summed E-state index contributed by atoms with van der Waals surface area (Å²) < 4.78 is 12.9. The largest absolute Gasteiger partial charge is 0.477 e. The Labute approximate surface area is 119 Å². The molecule has 21 heavy (non-hydrogen) atoms. The van der Waals surface area contributed by atoms with Crippen molar-refractivity contribution in [1.29, 1.82) is 0 Å². The van der Waals surface area contributed by atoms with Gasteiger partial charge < -0.3 is 14.6 Å². The molecule has 3 heterocycles. The summed E-state index contributed by atoms with van der Waals surface area (Å²) in [5, 5.41) is 9.18. The third-order valence-corrected chi connectivity index (χ3v) is 3.78. The maximum atomic E-state index is 12.5. The SMILES string of the molecule is O=C(O)c1cn(C2CCCO2)c(=O)n(C2CCCO2)c1=O. The van der Waals surface area contributed by atoms with E-state index in [-0.39, 0.29) is 0 Å². The highest BCUT2D eigenvalue weighted by Gasteiger charge is 2.28. The van der Waals surface area contributed by atoms with Crippen LogP contribution >= 0.6 is 0 Å². The lowest BCUT2D eigenvalue weighted by atomic mass is 10.3. The van der Waals surface area contributed by atoms with Crippen molar-refractivity contribution < 1.29 is 19.4 Å². The Balaban J connectivity index is 2.18. The lowest BCUT2D eigenvalue weighted by Gasteiger charge is -2.19. The van der Waals surface area contributed by atoms with Crippen LogP contribution in [-0.2, 0) is 9.47 Å². The van der Waals surface area contributed by atoms with E-state index in [0.717, 1.165) is 23.6 Å². The van der Waals surface area contributed by atoms with Gasteiger partial charge in [0.15, 0.2) is 0 Å². The number of hydrogen-bond acceptors (Lipinski definition) is 5. The molecule has 1 N–H and O–H groups in total. The van der Waals surface area contributed by atoms with Gasteiger partial charge in [0, 0.05) is 19.4 Å². The Bertz CT molecular complexity index is 664. The number of aromatic carboxylic acids is 1. The number of ether oxygens (including phenoxy) is 2. The highest BCUT2D eigenvalue weighted by molar-refractivity contribution is 5.86. The van der Waals surface area contributed by atoms with Crippen molar-refractivity contribution in [2.24, 2.45) is 0 Å². The molecule has 1 aromatic heterocycles. The Kier molecular flexibility index (Phi) is 3.64. The Hall–Kier alpha value is -1.93. The van der Waals surface area contributed by atoms with Gasteiger partial charge in [-0.3, -0.25) is 9.36 Å². The molecule has 0 spiro atoms. The summed E-state index contributed by atoms with van der Waals surface area (Å²) in [6.07, 6.45) is 2.51. The molecule has 114 valence electrons. The third-order valence-electron chi connectivity index (χ3n) is 3.78. The molecule has 2 unspecified atom stereocenters. The molecule has 0 bridgehead atoms. The average Bonchev–Trinajstić information content (AvgIpc) is 3.11. The van der Waals surface area contributed by atoms with Crippen LogP contribution in [-0.4, -0.2) is 33.4 Å². The lowest BCUT2D eigenvalue weighted by molar-refractivity contribution is 0.0310. The van der Waals surface area contributed by atoms with Crippen molar-refractivity contribution >= 4 is 5.97 Å². The molecule has 0 saturated carbocycles. The standard InChI is InChI=1S/C13H16N2O6/c16-11-8(12(17)18)7-14(9-3-1-5-20-9)13(19)15(11)10-4-2-6-21-10/h7,9-10H,1-6H2,(H,17,18). The van der Waals surface area contributed by atoms with E-state index >= 15 is 0 Å². The highest BCUT2D eigenvalue weighted by atomic mass is 16.5. The van der Waals surface area contributed by atoms with Crippen molar-refractivity contribution in [1.82, 2.24) is 9.13 Å². The number of carboxylic acids is 1. The summed E-state index contributed by atoms with van der Waals surface area (Å²) in [6, 6.07) is 0. The predicted molar refractivity (Wildman–Crippen MR) is 70.4 cm³/mol. The van der Waals surface area contributed by atoms with Gasteiger partial charge in [-0.25, -0.2) is 14.2 Å². The van der Waals surface area contributed by atoms with Crippen LogP contribution in [0, 0.1) is 0 Å². The first-order valence-corrected chi connectivity index (χ1v) is 6.94. The molecular weight excluding hydrogens is 280 g/mol. The molecule has 0 amide bonds. The summed E-state index contributed by atoms with van der Waals surface area (Å²) in [4.78, 5) is 36.0. The van der Waals surface area contributed by atoms with Crippen LogP contribution in [0.2, 0.25) is 0 Å². The minimum absolute atomic E-state index is 0.444. The fourth-order valence-corrected chi connectivity index (χ4v) is 2.74. The summed E-state index contributed by atoms with van der Waals surface area (Å²) in [5.74, 6) is -1.36. The van der Waals surface area contributed by atoms with Crippen LogP contribution in [0.15, 0.2) is 15.8 Å². The average molecular weight is 296 g/mol. The van der Waals surface area contributed by atoms with Gasteiger partial charge >= 0.3 is 11.7 Å². The van der Waals surface area contributed by atoms with Gasteiger partial charge in [0.25, 0.3) is 5.56 Å². The van der Waals surface area contributed by atoms with Crippen molar-refractivity contribution in [3.63, 3.8) is 0 Å². The lowest BCUT2D eigenvalue weighted by Crippen LogP contribution is -2.45. The molecule has 0 radical (unpaired) electrons. The first-order chi connectivity index (χ1) is 10.1. The van der Waals surface area contributed by atoms with E-state index in [4.69, 9.17) is 9.47 Å². The molecular formula is C13H16N2O6. The van der Waals surface area contributed by atoms with E-state index in [1.54, 1.807) is 0 Å². The zero-order valence-electron chi connectivity index (χ0n) is 11.4. The first-order valence-electron chi connectivity index (χ1n) is 6.94. The molecule has 0 aliphatic carbocycles. The maximum absolute atomic E-state index is 12.5. The molecule has 2 atom stereocenters. The van der Waals surface area contributed by atoms with Gasteiger partial charge in [0.1, 0.15) is 18.0 Å². The third kappa shape index (κ3) is 2.40. The summed E-state index contributed by atoms with van der Waals surface area (Å²) in [6.45, 7) is 0.965. The Morgan fingerprint density at radius 2 is 1.76 bits per heavy atom. The van der Waals surface area contributed by atoms with Crippen LogP contribution < -0.4 is 11.2 Å². The minimum Gasteiger partial charge on any atom is -0.477 e. The molecule has 8 heteroatoms. The normalized spacial score (nSPS) is 25.3. The van der Waals surface area contributed by atoms with E-state index in [0.29, 0.717) is 26.1 Å². The van der Waals surface area contributed by atoms with Crippen molar-refractivity contribution in [2.45, 2.75) is 38.1 Å². The van der Waals surface area contributed by atoms with Gasteiger partial charge in [-0.2, -0.15) is 0 Å². The minimum atomic E-state index is -1.36. The highest BCUT2D eigenvalue weighted by Crippen LogP contribution is 2.23. The van der Waals surface area contributed by atoms with Crippen LogP contribution in [0.1, 0.15) is 48.5 Å². The molecule has 2 aliphatic rings. The van der Waals surface area contributed by atoms with E-state index in [9.17, 15) is 19.5 Å². The van der Waals surface area contributed by atoms with Crippen molar-refractivity contribution in [3.8, 4) is 0 Å². The number of carbonyl (C=O) groups is 1. The van der Waals surface area contributed by atoms with Crippen LogP contribution in [0.5, 0.6) is 0 Å². The van der Waals surface area contributed by atoms with Gasteiger partial charge in [-0.15, -0.1) is 0 Å². The molecule has 2 aliphatic heterocycles. The number of aromatic nitrogens is 2. The molecule has 3 rings (SSSR count). The molecule has 8 nitrogen and oxygen atoms in total. The maximum Gasteiger partial charge on any atom is 0.342 e. The van der Waals surface area contributed by atoms with Gasteiger partial charge in [0.2, 0.25) is 0 Å². The van der Waals surface area contributed by atoms with Gasteiger partial charge in [-0.1, -0.05) is 0 Å². The number of hydrogen-bond donors (Lipinski definition) is 1. The van der Waals surface area contributed by atoms with E-state index in [1.807, 2.05) is 0 Å². The van der Waals surface area contributed by atoms with Crippen molar-refractivity contribution in [3.05, 3.63) is 32.6 Å². The monoisotopic (exact) mass is 296 g/mol. The second kappa shape index (κ2) is 5.45. The molecule has 1 aromatic rings. The van der Waals surface area contributed by atoms with E-state index in [2.05, 4.69) is 0 Å². The fraction of sp³-hybridized carbons (Fsp3) is 0.615. The zero-order valence-corrected chi connectivity index (χ0v) is 11.4. The van der Waals surface area contributed by atoms with Crippen LogP contribution in [0.3, 0.4) is 0 Å². The first kappa shape index (κ1) is 14.0. The van der Waals surface area contributed by atoms with E-state index < -0.39 is 35.2 Å². The van der Waals surface area contributed by atoms with Crippen molar-refractivity contribution in [2.75, 3.05) is 13.2 Å².